The Kier molecular flexibility index (Phi) is 9.31. The summed E-state index contributed by atoms with van der Waals surface area (Å²) in [6.45, 7) is 6.51. The van der Waals surface area contributed by atoms with E-state index in [0.717, 1.165) is 17.8 Å². The van der Waals surface area contributed by atoms with E-state index in [2.05, 4.69) is 10.2 Å². The summed E-state index contributed by atoms with van der Waals surface area (Å²) < 4.78 is 45.0. The number of hydrogen-bond donors (Lipinski definition) is 2. The number of halogens is 4. The predicted octanol–water partition coefficient (Wildman–Crippen LogP) is 4.05. The zero-order chi connectivity index (χ0) is 27.9. The lowest BCUT2D eigenvalue weighted by atomic mass is 9.86. The van der Waals surface area contributed by atoms with E-state index in [1.165, 1.54) is 12.1 Å². The molecule has 2 fully saturated rings. The third-order valence-electron chi connectivity index (χ3n) is 6.43. The van der Waals surface area contributed by atoms with E-state index in [0.29, 0.717) is 45.7 Å². The normalized spacial score (nSPS) is 20.1. The maximum absolute atomic E-state index is 13.3. The maximum atomic E-state index is 13.3. The molecule has 0 saturated carbocycles. The fourth-order valence-corrected chi connectivity index (χ4v) is 4.71. The number of amides is 3. The second kappa shape index (κ2) is 12.2. The van der Waals surface area contributed by atoms with Gasteiger partial charge in [0.2, 0.25) is 5.91 Å². The van der Waals surface area contributed by atoms with Crippen LogP contribution in [0.2, 0.25) is 0 Å². The van der Waals surface area contributed by atoms with Crippen LogP contribution in [-0.2, 0) is 16.1 Å². The number of alkyl halides is 3. The topological polar surface area (TPSA) is 93.2 Å². The first kappa shape index (κ1) is 28.9. The largest absolute Gasteiger partial charge is 0.490 e. The second-order valence-electron chi connectivity index (χ2n) is 9.44. The molecule has 4 rings (SSSR count). The van der Waals surface area contributed by atoms with E-state index in [1.807, 2.05) is 47.1 Å². The highest BCUT2D eigenvalue weighted by atomic mass is 19.4. The summed E-state index contributed by atoms with van der Waals surface area (Å²) in [5, 5.41) is 10.1. The zero-order valence-corrected chi connectivity index (χ0v) is 20.9. The Bertz CT molecular complexity index is 1110. The molecule has 3 amide bonds. The summed E-state index contributed by atoms with van der Waals surface area (Å²) in [7, 11) is 0. The summed E-state index contributed by atoms with van der Waals surface area (Å²) >= 11 is 0. The lowest BCUT2D eigenvalue weighted by molar-refractivity contribution is -0.192. The number of carboxylic acids is 1. The van der Waals surface area contributed by atoms with Crippen LogP contribution in [0.25, 0.3) is 0 Å². The molecule has 1 unspecified atom stereocenters. The Morgan fingerprint density at radius 2 is 1.63 bits per heavy atom. The Morgan fingerprint density at radius 3 is 2.18 bits per heavy atom. The van der Waals surface area contributed by atoms with Crippen molar-refractivity contribution in [2.75, 3.05) is 44.6 Å². The number of nitrogens with zero attached hydrogens (tertiary/aromatic N) is 3. The number of rotatable bonds is 4. The van der Waals surface area contributed by atoms with Crippen LogP contribution in [0, 0.1) is 11.2 Å². The van der Waals surface area contributed by atoms with Crippen molar-refractivity contribution >= 4 is 23.6 Å². The predicted molar refractivity (Wildman–Crippen MR) is 132 cm³/mol. The molecule has 206 valence electrons. The van der Waals surface area contributed by atoms with E-state index < -0.39 is 12.1 Å². The molecule has 1 spiro atoms. The second-order valence-corrected chi connectivity index (χ2v) is 9.44. The first-order chi connectivity index (χ1) is 17.9. The number of urea groups is 1. The average Bonchev–Trinajstić information content (AvgIpc) is 3.06. The Morgan fingerprint density at radius 1 is 1.00 bits per heavy atom. The van der Waals surface area contributed by atoms with E-state index in [9.17, 15) is 27.2 Å². The summed E-state index contributed by atoms with van der Waals surface area (Å²) in [6, 6.07) is 15.8. The molecular weight excluding hydrogens is 508 g/mol. The van der Waals surface area contributed by atoms with E-state index >= 15 is 0 Å². The van der Waals surface area contributed by atoms with Gasteiger partial charge in [-0.1, -0.05) is 30.3 Å². The zero-order valence-electron chi connectivity index (χ0n) is 20.9. The number of carboxylic acid groups (broad SMARTS) is 1. The molecule has 2 aromatic rings. The van der Waals surface area contributed by atoms with Gasteiger partial charge in [0.25, 0.3) is 0 Å². The van der Waals surface area contributed by atoms with Crippen LogP contribution >= 0.6 is 0 Å². The van der Waals surface area contributed by atoms with Crippen LogP contribution in [0.1, 0.15) is 18.9 Å². The molecule has 2 N–H and O–H groups in total. The quantitative estimate of drug-likeness (QED) is 0.574. The molecule has 0 bridgehead atoms. The third kappa shape index (κ3) is 7.91. The summed E-state index contributed by atoms with van der Waals surface area (Å²) in [6.07, 6.45) is -4.64. The lowest BCUT2D eigenvalue weighted by Crippen LogP contribution is -2.45. The van der Waals surface area contributed by atoms with Crippen LogP contribution in [-0.4, -0.2) is 83.2 Å². The van der Waals surface area contributed by atoms with Crippen LogP contribution in [0.5, 0.6) is 0 Å². The number of para-hydroxylation sites is 1. The Balaban J connectivity index is 0.000000505. The van der Waals surface area contributed by atoms with Gasteiger partial charge >= 0.3 is 18.2 Å². The molecule has 2 aliphatic heterocycles. The first-order valence-corrected chi connectivity index (χ1v) is 12.1. The fourth-order valence-electron chi connectivity index (χ4n) is 4.71. The maximum Gasteiger partial charge on any atom is 0.490 e. The van der Waals surface area contributed by atoms with Crippen LogP contribution in [0.3, 0.4) is 0 Å². The van der Waals surface area contributed by atoms with Crippen LogP contribution < -0.4 is 5.32 Å². The number of carbonyl (C=O) groups excluding carboxylic acids is 2. The van der Waals surface area contributed by atoms with Crippen molar-refractivity contribution in [2.45, 2.75) is 26.1 Å². The van der Waals surface area contributed by atoms with Gasteiger partial charge in [-0.05, 0) is 36.8 Å². The summed E-state index contributed by atoms with van der Waals surface area (Å²) in [4.78, 5) is 40.6. The van der Waals surface area contributed by atoms with Gasteiger partial charge in [-0.25, -0.2) is 14.0 Å². The monoisotopic (exact) mass is 538 g/mol. The number of likely N-dealkylation sites (tertiary alicyclic amines) is 1. The van der Waals surface area contributed by atoms with Gasteiger partial charge < -0.3 is 20.2 Å². The van der Waals surface area contributed by atoms with Crippen molar-refractivity contribution in [3.05, 3.63) is 66.0 Å². The summed E-state index contributed by atoms with van der Waals surface area (Å²) in [5.41, 5.74) is 1.47. The van der Waals surface area contributed by atoms with Gasteiger partial charge in [-0.15, -0.1) is 0 Å². The van der Waals surface area contributed by atoms with E-state index in [1.54, 1.807) is 12.1 Å². The van der Waals surface area contributed by atoms with Gasteiger partial charge in [0.05, 0.1) is 0 Å². The Labute approximate surface area is 217 Å². The highest BCUT2D eigenvalue weighted by Gasteiger charge is 2.46. The van der Waals surface area contributed by atoms with Crippen molar-refractivity contribution in [3.63, 3.8) is 0 Å². The molecule has 0 aromatic heterocycles. The average molecular weight is 539 g/mol. The minimum absolute atomic E-state index is 0.142. The molecule has 2 saturated heterocycles. The minimum Gasteiger partial charge on any atom is -0.475 e. The van der Waals surface area contributed by atoms with Gasteiger partial charge in [0.15, 0.2) is 0 Å². The first-order valence-electron chi connectivity index (χ1n) is 12.1. The van der Waals surface area contributed by atoms with E-state index in [-0.39, 0.29) is 23.2 Å². The van der Waals surface area contributed by atoms with Crippen molar-refractivity contribution in [2.24, 2.45) is 5.41 Å². The molecule has 0 aliphatic carbocycles. The number of carbonyl (C=O) groups is 3. The third-order valence-corrected chi connectivity index (χ3v) is 6.43. The van der Waals surface area contributed by atoms with Gasteiger partial charge in [-0.2, -0.15) is 13.2 Å². The van der Waals surface area contributed by atoms with Crippen LogP contribution in [0.4, 0.5) is 28.0 Å². The Hall–Kier alpha value is -3.67. The lowest BCUT2D eigenvalue weighted by Gasteiger charge is -2.33. The molecule has 38 heavy (non-hydrogen) atoms. The smallest absolute Gasteiger partial charge is 0.475 e. The number of aliphatic carboxylic acids is 1. The van der Waals surface area contributed by atoms with Crippen molar-refractivity contribution in [1.82, 2.24) is 14.7 Å². The standard InChI is InChI=1S/C24H29FN4O2.C2HF3O2/c1-2-28-17-24(14-22(28)30)16-27(15-19-8-10-20(25)11-9-19)12-13-29(18-24)23(31)26-21-6-4-3-5-7-21;3-2(4,5)1(6)7/h3-11H,2,12-18H2,1H3,(H,26,31);(H,6,7). The molecule has 12 heteroatoms. The highest BCUT2D eigenvalue weighted by molar-refractivity contribution is 5.89. The van der Waals surface area contributed by atoms with Crippen molar-refractivity contribution in [3.8, 4) is 0 Å². The molecular formula is C26H30F4N4O4. The molecule has 2 aliphatic rings. The summed E-state index contributed by atoms with van der Waals surface area (Å²) in [5.74, 6) is -2.86. The minimum atomic E-state index is -5.08. The number of anilines is 1. The van der Waals surface area contributed by atoms with E-state index in [4.69, 9.17) is 9.90 Å². The number of hydrogen-bond acceptors (Lipinski definition) is 4. The molecule has 1 atom stereocenters. The molecule has 2 aromatic carbocycles. The van der Waals surface area contributed by atoms with Crippen molar-refractivity contribution in [1.29, 1.82) is 0 Å². The number of nitrogens with one attached hydrogen (secondary N) is 1. The highest BCUT2D eigenvalue weighted by Crippen LogP contribution is 2.35. The van der Waals surface area contributed by atoms with Crippen LogP contribution in [0.15, 0.2) is 54.6 Å². The number of benzene rings is 2. The van der Waals surface area contributed by atoms with Gasteiger partial charge in [0.1, 0.15) is 5.82 Å². The SMILES string of the molecule is CCN1CC2(CC1=O)CN(Cc1ccc(F)cc1)CCN(C(=O)Nc1ccccc1)C2.O=C(O)C(F)(F)F. The van der Waals surface area contributed by atoms with Crippen molar-refractivity contribution < 1.29 is 37.1 Å². The molecule has 8 nitrogen and oxygen atoms in total. The van der Waals surface area contributed by atoms with Gasteiger partial charge in [-0.3, -0.25) is 9.69 Å². The molecule has 2 heterocycles. The molecule has 0 radical (unpaired) electrons. The fraction of sp³-hybridized carbons (Fsp3) is 0.423. The van der Waals surface area contributed by atoms with Gasteiger partial charge in [0, 0.05) is 63.3 Å².